The van der Waals surface area contributed by atoms with Crippen LogP contribution in [0.4, 0.5) is 0 Å². The molecule has 6 heteroatoms. The molecular formula is C20H24N2O4. The Morgan fingerprint density at radius 3 is 2.42 bits per heavy atom. The Morgan fingerprint density at radius 2 is 1.77 bits per heavy atom. The van der Waals surface area contributed by atoms with Gasteiger partial charge in [-0.05, 0) is 35.7 Å². The van der Waals surface area contributed by atoms with Crippen molar-refractivity contribution in [1.29, 1.82) is 0 Å². The first-order valence-electron chi connectivity index (χ1n) is 8.42. The normalized spacial score (nSPS) is 10.2. The lowest BCUT2D eigenvalue weighted by Gasteiger charge is -2.12. The number of carbonyl (C=O) groups is 2. The molecule has 138 valence electrons. The summed E-state index contributed by atoms with van der Waals surface area (Å²) >= 11 is 0. The molecule has 2 aromatic carbocycles. The summed E-state index contributed by atoms with van der Waals surface area (Å²) in [4.78, 5) is 22.2. The van der Waals surface area contributed by atoms with E-state index in [2.05, 4.69) is 11.4 Å². The fraction of sp³-hybridized carbons (Fsp3) is 0.300. The van der Waals surface area contributed by atoms with Crippen LogP contribution in [0.2, 0.25) is 0 Å². The number of primary amides is 1. The molecule has 0 bridgehead atoms. The van der Waals surface area contributed by atoms with E-state index in [0.717, 1.165) is 17.5 Å². The first-order chi connectivity index (χ1) is 12.5. The third kappa shape index (κ3) is 5.81. The van der Waals surface area contributed by atoms with Gasteiger partial charge < -0.3 is 20.5 Å². The van der Waals surface area contributed by atoms with Gasteiger partial charge in [-0.25, -0.2) is 0 Å². The fourth-order valence-corrected chi connectivity index (χ4v) is 2.55. The third-order valence-electron chi connectivity index (χ3n) is 3.88. The molecule has 0 aromatic heterocycles. The molecule has 0 atom stereocenters. The molecule has 0 aliphatic rings. The lowest BCUT2D eigenvalue weighted by atomic mass is 10.1. The molecule has 0 spiro atoms. The molecular weight excluding hydrogens is 332 g/mol. The van der Waals surface area contributed by atoms with Crippen molar-refractivity contribution in [3.8, 4) is 11.5 Å². The SMILES string of the molecule is COc1ccc(C(N)=O)cc1OCCc1cccc(CCNC(C)=O)c1. The van der Waals surface area contributed by atoms with Gasteiger partial charge in [-0.2, -0.15) is 0 Å². The Kier molecular flexibility index (Phi) is 7.02. The zero-order valence-electron chi connectivity index (χ0n) is 15.1. The number of ether oxygens (including phenoxy) is 2. The maximum atomic E-state index is 11.3. The molecule has 26 heavy (non-hydrogen) atoms. The minimum Gasteiger partial charge on any atom is -0.493 e. The van der Waals surface area contributed by atoms with E-state index < -0.39 is 5.91 Å². The molecule has 0 aliphatic carbocycles. The van der Waals surface area contributed by atoms with Crippen molar-refractivity contribution in [1.82, 2.24) is 5.32 Å². The van der Waals surface area contributed by atoms with E-state index in [1.807, 2.05) is 18.2 Å². The van der Waals surface area contributed by atoms with E-state index >= 15 is 0 Å². The summed E-state index contributed by atoms with van der Waals surface area (Å²) in [5, 5.41) is 2.79. The standard InChI is InChI=1S/C20H24N2O4/c1-14(23)22-10-8-15-4-3-5-16(12-15)9-11-26-19-13-17(20(21)24)6-7-18(19)25-2/h3-7,12-13H,8-11H2,1-2H3,(H2,21,24)(H,22,23). The van der Waals surface area contributed by atoms with Crippen LogP contribution in [0.3, 0.4) is 0 Å². The van der Waals surface area contributed by atoms with Crippen molar-refractivity contribution in [2.75, 3.05) is 20.3 Å². The minimum atomic E-state index is -0.510. The van der Waals surface area contributed by atoms with Gasteiger partial charge in [0, 0.05) is 25.5 Å². The first-order valence-corrected chi connectivity index (χ1v) is 8.42. The number of benzene rings is 2. The molecule has 0 saturated carbocycles. The lowest BCUT2D eigenvalue weighted by molar-refractivity contribution is -0.118. The Hall–Kier alpha value is -3.02. The maximum Gasteiger partial charge on any atom is 0.248 e. The summed E-state index contributed by atoms with van der Waals surface area (Å²) in [6.45, 7) is 2.56. The van der Waals surface area contributed by atoms with E-state index in [0.29, 0.717) is 36.6 Å². The number of hydrogen-bond donors (Lipinski definition) is 2. The van der Waals surface area contributed by atoms with Gasteiger partial charge in [0.05, 0.1) is 13.7 Å². The number of methoxy groups -OCH3 is 1. The summed E-state index contributed by atoms with van der Waals surface area (Å²) in [6, 6.07) is 13.0. The molecule has 0 radical (unpaired) electrons. The summed E-state index contributed by atoms with van der Waals surface area (Å²) in [6.07, 6.45) is 1.49. The van der Waals surface area contributed by atoms with Crippen molar-refractivity contribution in [2.24, 2.45) is 5.73 Å². The topological polar surface area (TPSA) is 90.7 Å². The smallest absolute Gasteiger partial charge is 0.248 e. The average Bonchev–Trinajstić information content (AvgIpc) is 2.61. The number of nitrogens with two attached hydrogens (primary N) is 1. The van der Waals surface area contributed by atoms with Crippen LogP contribution in [0.5, 0.6) is 11.5 Å². The van der Waals surface area contributed by atoms with Crippen molar-refractivity contribution in [2.45, 2.75) is 19.8 Å². The van der Waals surface area contributed by atoms with Gasteiger partial charge in [-0.1, -0.05) is 24.3 Å². The van der Waals surface area contributed by atoms with Gasteiger partial charge in [0.2, 0.25) is 11.8 Å². The number of rotatable bonds is 9. The number of amides is 2. The molecule has 0 heterocycles. The summed E-state index contributed by atoms with van der Waals surface area (Å²) in [5.74, 6) is 0.510. The molecule has 2 aromatic rings. The van der Waals surface area contributed by atoms with Gasteiger partial charge in [-0.3, -0.25) is 9.59 Å². The van der Waals surface area contributed by atoms with Gasteiger partial charge in [-0.15, -0.1) is 0 Å². The van der Waals surface area contributed by atoms with Crippen LogP contribution >= 0.6 is 0 Å². The Morgan fingerprint density at radius 1 is 1.04 bits per heavy atom. The monoisotopic (exact) mass is 356 g/mol. The van der Waals surface area contributed by atoms with Crippen LogP contribution in [0.25, 0.3) is 0 Å². The highest BCUT2D eigenvalue weighted by atomic mass is 16.5. The predicted octanol–water partition coefficient (Wildman–Crippen LogP) is 2.09. The van der Waals surface area contributed by atoms with Crippen molar-refractivity contribution >= 4 is 11.8 Å². The maximum absolute atomic E-state index is 11.3. The van der Waals surface area contributed by atoms with Gasteiger partial charge in [0.1, 0.15) is 0 Å². The molecule has 3 N–H and O–H groups in total. The molecule has 2 rings (SSSR count). The number of hydrogen-bond acceptors (Lipinski definition) is 4. The lowest BCUT2D eigenvalue weighted by Crippen LogP contribution is -2.22. The first kappa shape index (κ1) is 19.3. The molecule has 6 nitrogen and oxygen atoms in total. The average molecular weight is 356 g/mol. The highest BCUT2D eigenvalue weighted by molar-refractivity contribution is 5.93. The summed E-state index contributed by atoms with van der Waals surface area (Å²) in [7, 11) is 1.55. The van der Waals surface area contributed by atoms with E-state index in [9.17, 15) is 9.59 Å². The zero-order chi connectivity index (χ0) is 18.9. The second-order valence-corrected chi connectivity index (χ2v) is 5.88. The largest absolute Gasteiger partial charge is 0.493 e. The van der Waals surface area contributed by atoms with Crippen LogP contribution in [0.15, 0.2) is 42.5 Å². The molecule has 0 saturated heterocycles. The van der Waals surface area contributed by atoms with Crippen LogP contribution in [-0.4, -0.2) is 32.1 Å². The van der Waals surface area contributed by atoms with E-state index in [1.165, 1.54) is 6.92 Å². The van der Waals surface area contributed by atoms with E-state index in [4.69, 9.17) is 15.2 Å². The Bertz CT molecular complexity index is 774. The van der Waals surface area contributed by atoms with E-state index in [-0.39, 0.29) is 5.91 Å². The second kappa shape index (κ2) is 9.46. The summed E-state index contributed by atoms with van der Waals surface area (Å²) in [5.41, 5.74) is 7.97. The van der Waals surface area contributed by atoms with Crippen LogP contribution in [0, 0.1) is 0 Å². The Balaban J connectivity index is 1.94. The van der Waals surface area contributed by atoms with Crippen molar-refractivity contribution < 1.29 is 19.1 Å². The Labute approximate surface area is 153 Å². The summed E-state index contributed by atoms with van der Waals surface area (Å²) < 4.78 is 11.0. The zero-order valence-corrected chi connectivity index (χ0v) is 15.1. The highest BCUT2D eigenvalue weighted by Crippen LogP contribution is 2.28. The predicted molar refractivity (Wildman–Crippen MR) is 99.5 cm³/mol. The molecule has 0 fully saturated rings. The van der Waals surface area contributed by atoms with Crippen molar-refractivity contribution in [3.05, 3.63) is 59.2 Å². The van der Waals surface area contributed by atoms with Gasteiger partial charge in [0.15, 0.2) is 11.5 Å². The molecule has 0 aliphatic heterocycles. The van der Waals surface area contributed by atoms with Gasteiger partial charge in [0.25, 0.3) is 0 Å². The van der Waals surface area contributed by atoms with Crippen LogP contribution in [-0.2, 0) is 17.6 Å². The van der Waals surface area contributed by atoms with E-state index in [1.54, 1.807) is 25.3 Å². The number of nitrogens with one attached hydrogen (secondary N) is 1. The highest BCUT2D eigenvalue weighted by Gasteiger charge is 2.09. The molecule has 2 amide bonds. The van der Waals surface area contributed by atoms with Crippen molar-refractivity contribution in [3.63, 3.8) is 0 Å². The number of carbonyl (C=O) groups excluding carboxylic acids is 2. The van der Waals surface area contributed by atoms with Crippen LogP contribution < -0.4 is 20.5 Å². The fourth-order valence-electron chi connectivity index (χ4n) is 2.55. The van der Waals surface area contributed by atoms with Crippen LogP contribution in [0.1, 0.15) is 28.4 Å². The second-order valence-electron chi connectivity index (χ2n) is 5.88. The molecule has 0 unspecified atom stereocenters. The third-order valence-corrected chi connectivity index (χ3v) is 3.88. The van der Waals surface area contributed by atoms with Gasteiger partial charge >= 0.3 is 0 Å². The quantitative estimate of drug-likeness (QED) is 0.720. The minimum absolute atomic E-state index is 0.0262.